The highest BCUT2D eigenvalue weighted by molar-refractivity contribution is 4.78. The summed E-state index contributed by atoms with van der Waals surface area (Å²) >= 11 is 0. The van der Waals surface area contributed by atoms with Gasteiger partial charge in [-0.05, 0) is 40.2 Å². The summed E-state index contributed by atoms with van der Waals surface area (Å²) in [6, 6.07) is 0.706. The summed E-state index contributed by atoms with van der Waals surface area (Å²) in [4.78, 5) is 0. The fourth-order valence-electron chi connectivity index (χ4n) is 1.53. The second-order valence-corrected chi connectivity index (χ2v) is 4.78. The molecule has 2 nitrogen and oxygen atoms in total. The topological polar surface area (TPSA) is 24.1 Å². The predicted octanol–water partition coefficient (Wildman–Crippen LogP) is 1.52. The number of piperidine rings is 1. The monoisotopic (exact) mass is 170 g/mol. The van der Waals surface area contributed by atoms with Crippen LogP contribution in [0.2, 0.25) is 0 Å². The molecule has 0 radical (unpaired) electrons. The lowest BCUT2D eigenvalue weighted by molar-refractivity contribution is 0.337. The Morgan fingerprint density at radius 1 is 1.33 bits per heavy atom. The van der Waals surface area contributed by atoms with E-state index in [1.165, 1.54) is 25.8 Å². The van der Waals surface area contributed by atoms with Gasteiger partial charge in [0.25, 0.3) is 0 Å². The second kappa shape index (κ2) is 4.24. The van der Waals surface area contributed by atoms with Gasteiger partial charge >= 0.3 is 0 Å². The molecule has 1 rings (SSSR count). The average molecular weight is 170 g/mol. The summed E-state index contributed by atoms with van der Waals surface area (Å²) in [7, 11) is 0. The van der Waals surface area contributed by atoms with E-state index < -0.39 is 0 Å². The van der Waals surface area contributed by atoms with Crippen LogP contribution in [0.4, 0.5) is 0 Å². The fraction of sp³-hybridized carbons (Fsp3) is 1.00. The average Bonchev–Trinajstić information content (AvgIpc) is 2.02. The molecule has 1 saturated heterocycles. The molecule has 1 heterocycles. The maximum atomic E-state index is 3.53. The van der Waals surface area contributed by atoms with Crippen LogP contribution in [-0.4, -0.2) is 24.7 Å². The Labute approximate surface area is 76.1 Å². The zero-order chi connectivity index (χ0) is 9.03. The van der Waals surface area contributed by atoms with Crippen LogP contribution in [0.5, 0.6) is 0 Å². The molecule has 1 atom stereocenters. The molecule has 1 fully saturated rings. The second-order valence-electron chi connectivity index (χ2n) is 4.78. The zero-order valence-electron chi connectivity index (χ0n) is 8.61. The highest BCUT2D eigenvalue weighted by Gasteiger charge is 2.15. The predicted molar refractivity (Wildman–Crippen MR) is 53.4 cm³/mol. The highest BCUT2D eigenvalue weighted by Crippen LogP contribution is 2.07. The molecule has 0 aromatic heterocycles. The van der Waals surface area contributed by atoms with Crippen LogP contribution in [0.15, 0.2) is 0 Å². The van der Waals surface area contributed by atoms with E-state index in [1.807, 2.05) is 0 Å². The SMILES string of the molecule is CC(C)(C)NCC1CCCCN1. The highest BCUT2D eigenvalue weighted by atomic mass is 15.0. The van der Waals surface area contributed by atoms with Crippen LogP contribution < -0.4 is 10.6 Å². The van der Waals surface area contributed by atoms with Crippen LogP contribution in [-0.2, 0) is 0 Å². The molecule has 72 valence electrons. The molecule has 0 amide bonds. The minimum atomic E-state index is 0.263. The summed E-state index contributed by atoms with van der Waals surface area (Å²) in [5.41, 5.74) is 0.263. The molecule has 2 heteroatoms. The molecular weight excluding hydrogens is 148 g/mol. The van der Waals surface area contributed by atoms with Crippen molar-refractivity contribution in [3.8, 4) is 0 Å². The third-order valence-electron chi connectivity index (χ3n) is 2.29. The van der Waals surface area contributed by atoms with E-state index in [2.05, 4.69) is 31.4 Å². The van der Waals surface area contributed by atoms with Gasteiger partial charge in [0, 0.05) is 18.1 Å². The standard InChI is InChI=1S/C10H22N2/c1-10(2,3)12-8-9-6-4-5-7-11-9/h9,11-12H,4-8H2,1-3H3. The van der Waals surface area contributed by atoms with E-state index in [1.54, 1.807) is 0 Å². The van der Waals surface area contributed by atoms with E-state index >= 15 is 0 Å². The van der Waals surface area contributed by atoms with E-state index in [9.17, 15) is 0 Å². The maximum absolute atomic E-state index is 3.53. The Morgan fingerprint density at radius 3 is 2.58 bits per heavy atom. The molecule has 12 heavy (non-hydrogen) atoms. The van der Waals surface area contributed by atoms with Crippen molar-refractivity contribution in [3.63, 3.8) is 0 Å². The maximum Gasteiger partial charge on any atom is 0.0192 e. The van der Waals surface area contributed by atoms with Gasteiger partial charge in [-0.1, -0.05) is 6.42 Å². The molecule has 0 spiro atoms. The van der Waals surface area contributed by atoms with E-state index in [4.69, 9.17) is 0 Å². The van der Waals surface area contributed by atoms with Gasteiger partial charge in [-0.15, -0.1) is 0 Å². The molecule has 0 aliphatic carbocycles. The quantitative estimate of drug-likeness (QED) is 0.656. The van der Waals surface area contributed by atoms with Gasteiger partial charge in [0.15, 0.2) is 0 Å². The van der Waals surface area contributed by atoms with Crippen LogP contribution in [0.25, 0.3) is 0 Å². The molecule has 1 aliphatic heterocycles. The molecule has 0 saturated carbocycles. The third kappa shape index (κ3) is 4.07. The summed E-state index contributed by atoms with van der Waals surface area (Å²) in [5.74, 6) is 0. The molecule has 1 unspecified atom stereocenters. The summed E-state index contributed by atoms with van der Waals surface area (Å²) < 4.78 is 0. The zero-order valence-corrected chi connectivity index (χ0v) is 8.61. The number of hydrogen-bond acceptors (Lipinski definition) is 2. The van der Waals surface area contributed by atoms with E-state index in [0.29, 0.717) is 6.04 Å². The van der Waals surface area contributed by atoms with Gasteiger partial charge in [-0.2, -0.15) is 0 Å². The van der Waals surface area contributed by atoms with Crippen molar-refractivity contribution < 1.29 is 0 Å². The normalized spacial score (nSPS) is 25.8. The molecular formula is C10H22N2. The Bertz CT molecular complexity index is 120. The molecule has 0 aromatic rings. The van der Waals surface area contributed by atoms with Gasteiger partial charge in [0.1, 0.15) is 0 Å². The first-order chi connectivity index (χ1) is 5.58. The van der Waals surface area contributed by atoms with Gasteiger partial charge in [-0.25, -0.2) is 0 Å². The van der Waals surface area contributed by atoms with Crippen molar-refractivity contribution in [1.82, 2.24) is 10.6 Å². The van der Waals surface area contributed by atoms with Gasteiger partial charge in [-0.3, -0.25) is 0 Å². The number of rotatable bonds is 2. The van der Waals surface area contributed by atoms with E-state index in [0.717, 1.165) is 6.54 Å². The van der Waals surface area contributed by atoms with Crippen molar-refractivity contribution in [1.29, 1.82) is 0 Å². The Kier molecular flexibility index (Phi) is 3.53. The minimum absolute atomic E-state index is 0.263. The number of nitrogens with one attached hydrogen (secondary N) is 2. The molecule has 0 aromatic carbocycles. The van der Waals surface area contributed by atoms with Crippen LogP contribution >= 0.6 is 0 Å². The molecule has 0 bridgehead atoms. The Balaban J connectivity index is 2.13. The van der Waals surface area contributed by atoms with Gasteiger partial charge in [0.05, 0.1) is 0 Å². The number of hydrogen-bond donors (Lipinski definition) is 2. The lowest BCUT2D eigenvalue weighted by Crippen LogP contribution is -2.47. The van der Waals surface area contributed by atoms with E-state index in [-0.39, 0.29) is 5.54 Å². The van der Waals surface area contributed by atoms with Gasteiger partial charge in [0.2, 0.25) is 0 Å². The lowest BCUT2D eigenvalue weighted by atomic mass is 10.0. The van der Waals surface area contributed by atoms with Crippen LogP contribution in [0, 0.1) is 0 Å². The van der Waals surface area contributed by atoms with Crippen molar-refractivity contribution in [3.05, 3.63) is 0 Å². The Morgan fingerprint density at radius 2 is 2.08 bits per heavy atom. The summed E-state index contributed by atoms with van der Waals surface area (Å²) in [5, 5.41) is 7.06. The minimum Gasteiger partial charge on any atom is -0.313 e. The first-order valence-electron chi connectivity index (χ1n) is 5.06. The lowest BCUT2D eigenvalue weighted by Gasteiger charge is -2.28. The largest absolute Gasteiger partial charge is 0.313 e. The van der Waals surface area contributed by atoms with Crippen LogP contribution in [0.1, 0.15) is 40.0 Å². The summed E-state index contributed by atoms with van der Waals surface area (Å²) in [6.07, 6.45) is 4.08. The van der Waals surface area contributed by atoms with Gasteiger partial charge < -0.3 is 10.6 Å². The van der Waals surface area contributed by atoms with Crippen molar-refractivity contribution >= 4 is 0 Å². The third-order valence-corrected chi connectivity index (χ3v) is 2.29. The first-order valence-corrected chi connectivity index (χ1v) is 5.06. The van der Waals surface area contributed by atoms with Crippen LogP contribution in [0.3, 0.4) is 0 Å². The Hall–Kier alpha value is -0.0800. The van der Waals surface area contributed by atoms with Crippen molar-refractivity contribution in [2.45, 2.75) is 51.6 Å². The van der Waals surface area contributed by atoms with Crippen molar-refractivity contribution in [2.75, 3.05) is 13.1 Å². The molecule has 1 aliphatic rings. The fourth-order valence-corrected chi connectivity index (χ4v) is 1.53. The summed E-state index contributed by atoms with van der Waals surface area (Å²) in [6.45, 7) is 8.97. The van der Waals surface area contributed by atoms with Crippen molar-refractivity contribution in [2.24, 2.45) is 0 Å². The molecule has 2 N–H and O–H groups in total. The first kappa shape index (κ1) is 10.0. The smallest absolute Gasteiger partial charge is 0.0192 e.